The van der Waals surface area contributed by atoms with Crippen molar-refractivity contribution in [2.45, 2.75) is 43.5 Å². The van der Waals surface area contributed by atoms with Crippen LogP contribution in [0.1, 0.15) is 31.7 Å². The zero-order valence-corrected chi connectivity index (χ0v) is 12.1. The third kappa shape index (κ3) is 4.30. The van der Waals surface area contributed by atoms with Crippen LogP contribution in [0.5, 0.6) is 0 Å². The van der Waals surface area contributed by atoms with Gasteiger partial charge in [0.2, 0.25) is 10.0 Å². The van der Waals surface area contributed by atoms with Gasteiger partial charge in [0.25, 0.3) is 0 Å². The van der Waals surface area contributed by atoms with Crippen LogP contribution in [-0.4, -0.2) is 21.0 Å². The Balaban J connectivity index is 1.80. The van der Waals surface area contributed by atoms with Crippen molar-refractivity contribution >= 4 is 10.0 Å². The van der Waals surface area contributed by atoms with Crippen molar-refractivity contribution < 1.29 is 8.42 Å². The minimum Gasteiger partial charge on any atom is -0.314 e. The molecule has 0 radical (unpaired) electrons. The van der Waals surface area contributed by atoms with Gasteiger partial charge in [-0.25, -0.2) is 13.6 Å². The summed E-state index contributed by atoms with van der Waals surface area (Å²) in [5.74, 6) is 0.839. The zero-order valence-electron chi connectivity index (χ0n) is 11.3. The van der Waals surface area contributed by atoms with Crippen LogP contribution in [0.15, 0.2) is 29.2 Å². The van der Waals surface area contributed by atoms with Crippen LogP contribution < -0.4 is 10.5 Å². The molecule has 2 rings (SSSR count). The molecule has 19 heavy (non-hydrogen) atoms. The minimum atomic E-state index is -3.57. The molecule has 4 nitrogen and oxygen atoms in total. The van der Waals surface area contributed by atoms with Crippen molar-refractivity contribution in [3.63, 3.8) is 0 Å². The lowest BCUT2D eigenvalue weighted by Crippen LogP contribution is -2.28. The molecule has 2 atom stereocenters. The van der Waals surface area contributed by atoms with E-state index < -0.39 is 10.0 Å². The molecule has 2 unspecified atom stereocenters. The van der Waals surface area contributed by atoms with Gasteiger partial charge in [0, 0.05) is 6.04 Å². The third-order valence-electron chi connectivity index (χ3n) is 3.79. The van der Waals surface area contributed by atoms with Crippen molar-refractivity contribution in [2.75, 3.05) is 6.54 Å². The van der Waals surface area contributed by atoms with Gasteiger partial charge in [-0.05, 0) is 55.8 Å². The van der Waals surface area contributed by atoms with Gasteiger partial charge in [0.15, 0.2) is 0 Å². The van der Waals surface area contributed by atoms with E-state index in [1.807, 2.05) is 12.1 Å². The summed E-state index contributed by atoms with van der Waals surface area (Å²) in [6, 6.07) is 7.46. The van der Waals surface area contributed by atoms with E-state index in [9.17, 15) is 8.42 Å². The summed E-state index contributed by atoms with van der Waals surface area (Å²) in [5, 5.41) is 8.62. The Morgan fingerprint density at radius 3 is 2.47 bits per heavy atom. The second kappa shape index (κ2) is 6.03. The van der Waals surface area contributed by atoms with Gasteiger partial charge < -0.3 is 5.32 Å². The van der Waals surface area contributed by atoms with Crippen molar-refractivity contribution in [1.82, 2.24) is 5.32 Å². The molecule has 0 spiro atoms. The molecule has 3 N–H and O–H groups in total. The normalized spacial score (nSPS) is 23.7. The van der Waals surface area contributed by atoms with Gasteiger partial charge in [-0.3, -0.25) is 0 Å². The maximum atomic E-state index is 11.1. The smallest absolute Gasteiger partial charge is 0.238 e. The Morgan fingerprint density at radius 1 is 1.26 bits per heavy atom. The fourth-order valence-corrected chi connectivity index (χ4v) is 3.17. The largest absolute Gasteiger partial charge is 0.314 e. The number of hydrogen-bond acceptors (Lipinski definition) is 3. The zero-order chi connectivity index (χ0) is 13.9. The molecule has 1 aliphatic carbocycles. The van der Waals surface area contributed by atoms with E-state index in [4.69, 9.17) is 5.14 Å². The van der Waals surface area contributed by atoms with E-state index in [0.717, 1.165) is 24.4 Å². The monoisotopic (exact) mass is 282 g/mol. The summed E-state index contributed by atoms with van der Waals surface area (Å²) < 4.78 is 22.3. The van der Waals surface area contributed by atoms with Crippen molar-refractivity contribution in [3.05, 3.63) is 29.8 Å². The second-order valence-electron chi connectivity index (χ2n) is 5.51. The van der Waals surface area contributed by atoms with E-state index in [1.165, 1.54) is 19.3 Å². The lowest BCUT2D eigenvalue weighted by atomic mass is 10.1. The summed E-state index contributed by atoms with van der Waals surface area (Å²) in [5.41, 5.74) is 1.13. The highest BCUT2D eigenvalue weighted by Crippen LogP contribution is 2.24. The number of primary sulfonamides is 1. The van der Waals surface area contributed by atoms with E-state index >= 15 is 0 Å². The Morgan fingerprint density at radius 2 is 1.95 bits per heavy atom. The topological polar surface area (TPSA) is 72.2 Å². The Kier molecular flexibility index (Phi) is 4.60. The number of sulfonamides is 1. The highest BCUT2D eigenvalue weighted by molar-refractivity contribution is 7.89. The first-order chi connectivity index (χ1) is 8.95. The Bertz CT molecular complexity index is 511. The van der Waals surface area contributed by atoms with E-state index in [2.05, 4.69) is 12.2 Å². The maximum absolute atomic E-state index is 11.1. The fourth-order valence-electron chi connectivity index (χ4n) is 2.66. The van der Waals surface area contributed by atoms with E-state index in [-0.39, 0.29) is 4.90 Å². The minimum absolute atomic E-state index is 0.175. The van der Waals surface area contributed by atoms with E-state index in [1.54, 1.807) is 12.1 Å². The summed E-state index contributed by atoms with van der Waals surface area (Å²) >= 11 is 0. The van der Waals surface area contributed by atoms with Gasteiger partial charge in [0.1, 0.15) is 0 Å². The van der Waals surface area contributed by atoms with Crippen LogP contribution in [0.2, 0.25) is 0 Å². The predicted molar refractivity (Wildman–Crippen MR) is 76.3 cm³/mol. The van der Waals surface area contributed by atoms with Crippen LogP contribution in [0.25, 0.3) is 0 Å². The molecule has 0 bridgehead atoms. The SMILES string of the molecule is CC1CCC(NCCc2ccc(S(N)(=O)=O)cc2)C1. The Labute approximate surface area is 115 Å². The molecule has 1 aliphatic rings. The average molecular weight is 282 g/mol. The van der Waals surface area contributed by atoms with Crippen LogP contribution in [-0.2, 0) is 16.4 Å². The van der Waals surface area contributed by atoms with Gasteiger partial charge in [-0.15, -0.1) is 0 Å². The molecule has 106 valence electrons. The molecule has 1 aromatic carbocycles. The number of hydrogen-bond donors (Lipinski definition) is 2. The first-order valence-corrected chi connectivity index (χ1v) is 8.35. The average Bonchev–Trinajstić information content (AvgIpc) is 2.75. The number of nitrogens with two attached hydrogens (primary N) is 1. The van der Waals surface area contributed by atoms with Gasteiger partial charge in [0.05, 0.1) is 4.90 Å². The number of benzene rings is 1. The third-order valence-corrected chi connectivity index (χ3v) is 4.72. The second-order valence-corrected chi connectivity index (χ2v) is 7.07. The molecule has 0 aliphatic heterocycles. The molecule has 1 fully saturated rings. The molecule has 1 saturated carbocycles. The quantitative estimate of drug-likeness (QED) is 0.862. The summed E-state index contributed by atoms with van der Waals surface area (Å²) in [6.45, 7) is 3.24. The molecule has 1 aromatic rings. The highest BCUT2D eigenvalue weighted by atomic mass is 32.2. The summed E-state index contributed by atoms with van der Waals surface area (Å²) in [7, 11) is -3.57. The molecular formula is C14H22N2O2S. The Hall–Kier alpha value is -0.910. The standard InChI is InChI=1S/C14H22N2O2S/c1-11-2-5-13(10-11)16-9-8-12-3-6-14(7-4-12)19(15,17)18/h3-4,6-7,11,13,16H,2,5,8-10H2,1H3,(H2,15,17,18). The highest BCUT2D eigenvalue weighted by Gasteiger charge is 2.20. The van der Waals surface area contributed by atoms with Crippen LogP contribution in [0, 0.1) is 5.92 Å². The van der Waals surface area contributed by atoms with Gasteiger partial charge in [-0.1, -0.05) is 19.1 Å². The fraction of sp³-hybridized carbons (Fsp3) is 0.571. The molecule has 0 aromatic heterocycles. The van der Waals surface area contributed by atoms with Gasteiger partial charge in [-0.2, -0.15) is 0 Å². The predicted octanol–water partition coefficient (Wildman–Crippen LogP) is 1.65. The number of rotatable bonds is 5. The lowest BCUT2D eigenvalue weighted by molar-refractivity contribution is 0.505. The molecule has 0 saturated heterocycles. The molecule has 5 heteroatoms. The summed E-state index contributed by atoms with van der Waals surface area (Å²) in [4.78, 5) is 0.175. The number of nitrogens with one attached hydrogen (secondary N) is 1. The van der Waals surface area contributed by atoms with Crippen molar-refractivity contribution in [2.24, 2.45) is 11.1 Å². The summed E-state index contributed by atoms with van der Waals surface area (Å²) in [6.07, 6.45) is 4.77. The van der Waals surface area contributed by atoms with Crippen molar-refractivity contribution in [3.8, 4) is 0 Å². The lowest BCUT2D eigenvalue weighted by Gasteiger charge is -2.12. The van der Waals surface area contributed by atoms with Crippen LogP contribution in [0.4, 0.5) is 0 Å². The van der Waals surface area contributed by atoms with E-state index in [0.29, 0.717) is 6.04 Å². The maximum Gasteiger partial charge on any atom is 0.238 e. The molecule has 0 heterocycles. The molecular weight excluding hydrogens is 260 g/mol. The van der Waals surface area contributed by atoms with Gasteiger partial charge >= 0.3 is 0 Å². The first-order valence-electron chi connectivity index (χ1n) is 6.80. The first kappa shape index (κ1) is 14.5. The molecule has 0 amide bonds. The van der Waals surface area contributed by atoms with Crippen molar-refractivity contribution in [1.29, 1.82) is 0 Å². The van der Waals surface area contributed by atoms with Crippen LogP contribution >= 0.6 is 0 Å². The van der Waals surface area contributed by atoms with Crippen LogP contribution in [0.3, 0.4) is 0 Å².